The highest BCUT2D eigenvalue weighted by atomic mass is 35.5. The topological polar surface area (TPSA) is 49.4 Å². The van der Waals surface area contributed by atoms with Crippen LogP contribution in [0.2, 0.25) is 5.02 Å². The lowest BCUT2D eigenvalue weighted by Gasteiger charge is -2.29. The number of benzene rings is 2. The number of hydrogen-bond acceptors (Lipinski definition) is 2. The molecule has 0 bridgehead atoms. The van der Waals surface area contributed by atoms with Gasteiger partial charge in [-0.15, -0.1) is 0 Å². The highest BCUT2D eigenvalue weighted by molar-refractivity contribution is 6.31. The van der Waals surface area contributed by atoms with E-state index in [4.69, 9.17) is 11.6 Å². The molecule has 0 radical (unpaired) electrons. The first kappa shape index (κ1) is 20.8. The number of rotatable bonds is 7. The second kappa shape index (κ2) is 9.46. The Morgan fingerprint density at radius 3 is 2.41 bits per heavy atom. The van der Waals surface area contributed by atoms with Gasteiger partial charge in [-0.3, -0.25) is 9.59 Å². The van der Waals surface area contributed by atoms with Gasteiger partial charge in [0.05, 0.1) is 6.42 Å². The van der Waals surface area contributed by atoms with E-state index >= 15 is 0 Å². The number of nitrogens with zero attached hydrogens (tertiary/aromatic N) is 1. The molecule has 2 aromatic carbocycles. The Hall–Kier alpha value is -2.47. The average molecular weight is 395 g/mol. The van der Waals surface area contributed by atoms with Gasteiger partial charge in [0.1, 0.15) is 17.7 Å². The first-order valence-electron chi connectivity index (χ1n) is 8.58. The van der Waals surface area contributed by atoms with Gasteiger partial charge in [-0.25, -0.2) is 8.78 Å². The Morgan fingerprint density at radius 2 is 1.81 bits per heavy atom. The minimum Gasteiger partial charge on any atom is -0.355 e. The average Bonchev–Trinajstić information content (AvgIpc) is 2.64. The molecule has 0 fully saturated rings. The van der Waals surface area contributed by atoms with Crippen LogP contribution in [0.3, 0.4) is 0 Å². The predicted octanol–water partition coefficient (Wildman–Crippen LogP) is 3.71. The maximum absolute atomic E-state index is 14.0. The van der Waals surface area contributed by atoms with Gasteiger partial charge in [0.25, 0.3) is 0 Å². The normalized spacial score (nSPS) is 11.7. The van der Waals surface area contributed by atoms with Crippen LogP contribution in [0.5, 0.6) is 0 Å². The fraction of sp³-hybridized carbons (Fsp3) is 0.300. The zero-order valence-electron chi connectivity index (χ0n) is 15.1. The molecule has 0 aliphatic heterocycles. The van der Waals surface area contributed by atoms with Crippen LogP contribution in [0.1, 0.15) is 25.0 Å². The number of hydrogen-bond donors (Lipinski definition) is 1. The molecule has 27 heavy (non-hydrogen) atoms. The summed E-state index contributed by atoms with van der Waals surface area (Å²) in [6.45, 7) is 3.87. The third-order valence-corrected chi connectivity index (χ3v) is 4.53. The quantitative estimate of drug-likeness (QED) is 0.778. The van der Waals surface area contributed by atoms with E-state index in [-0.39, 0.29) is 29.5 Å². The third-order valence-electron chi connectivity index (χ3n) is 4.17. The lowest BCUT2D eigenvalue weighted by Crippen LogP contribution is -2.48. The Kier molecular flexibility index (Phi) is 7.30. The van der Waals surface area contributed by atoms with Crippen molar-refractivity contribution < 1.29 is 18.4 Å². The molecule has 7 heteroatoms. The van der Waals surface area contributed by atoms with Crippen LogP contribution in [0.4, 0.5) is 8.78 Å². The van der Waals surface area contributed by atoms with E-state index in [1.165, 1.54) is 47.4 Å². The highest BCUT2D eigenvalue weighted by Gasteiger charge is 2.27. The molecule has 0 spiro atoms. The molecule has 2 rings (SSSR count). The third kappa shape index (κ3) is 5.50. The van der Waals surface area contributed by atoms with Crippen molar-refractivity contribution in [3.05, 3.63) is 70.2 Å². The fourth-order valence-electron chi connectivity index (χ4n) is 2.65. The summed E-state index contributed by atoms with van der Waals surface area (Å²) in [6, 6.07) is 9.04. The molecule has 0 saturated heterocycles. The molecule has 1 N–H and O–H groups in total. The van der Waals surface area contributed by atoms with Crippen molar-refractivity contribution in [3.8, 4) is 0 Å². The Balaban J connectivity index is 2.28. The Morgan fingerprint density at radius 1 is 1.15 bits per heavy atom. The monoisotopic (exact) mass is 394 g/mol. The summed E-state index contributed by atoms with van der Waals surface area (Å²) < 4.78 is 27.2. The molecule has 0 aliphatic rings. The van der Waals surface area contributed by atoms with E-state index in [0.717, 1.165) is 0 Å². The van der Waals surface area contributed by atoms with Crippen LogP contribution < -0.4 is 5.32 Å². The molecule has 0 aliphatic carbocycles. The van der Waals surface area contributed by atoms with Crippen LogP contribution >= 0.6 is 11.6 Å². The first-order chi connectivity index (χ1) is 12.8. The fourth-order valence-corrected chi connectivity index (χ4v) is 2.87. The van der Waals surface area contributed by atoms with Crippen molar-refractivity contribution in [1.29, 1.82) is 0 Å². The van der Waals surface area contributed by atoms with Crippen molar-refractivity contribution in [1.82, 2.24) is 10.2 Å². The van der Waals surface area contributed by atoms with Gasteiger partial charge in [0.15, 0.2) is 0 Å². The summed E-state index contributed by atoms with van der Waals surface area (Å²) in [5.74, 6) is -1.76. The van der Waals surface area contributed by atoms with Crippen molar-refractivity contribution in [2.45, 2.75) is 32.9 Å². The van der Waals surface area contributed by atoms with Crippen LogP contribution in [0.25, 0.3) is 0 Å². The minimum absolute atomic E-state index is 0.0800. The number of halogens is 3. The molecule has 144 valence electrons. The zero-order chi connectivity index (χ0) is 20.0. The zero-order valence-corrected chi connectivity index (χ0v) is 15.9. The maximum Gasteiger partial charge on any atom is 0.242 e. The predicted molar refractivity (Wildman–Crippen MR) is 100 cm³/mol. The smallest absolute Gasteiger partial charge is 0.242 e. The van der Waals surface area contributed by atoms with Crippen molar-refractivity contribution in [3.63, 3.8) is 0 Å². The summed E-state index contributed by atoms with van der Waals surface area (Å²) in [7, 11) is 0. The summed E-state index contributed by atoms with van der Waals surface area (Å²) in [5, 5.41) is 2.82. The highest BCUT2D eigenvalue weighted by Crippen LogP contribution is 2.21. The lowest BCUT2D eigenvalue weighted by molar-refractivity contribution is -0.140. The maximum atomic E-state index is 14.0. The van der Waals surface area contributed by atoms with Gasteiger partial charge in [-0.05, 0) is 43.7 Å². The number of likely N-dealkylation sites (N-methyl/N-ethyl adjacent to an activating group) is 1. The number of nitrogens with one attached hydrogen (secondary N) is 1. The number of amides is 2. The number of carbonyl (C=O) groups excluding carboxylic acids is 2. The van der Waals surface area contributed by atoms with E-state index in [2.05, 4.69) is 5.32 Å². The first-order valence-corrected chi connectivity index (χ1v) is 8.95. The van der Waals surface area contributed by atoms with Crippen molar-refractivity contribution in [2.75, 3.05) is 6.54 Å². The molecular weight excluding hydrogens is 374 g/mol. The van der Waals surface area contributed by atoms with Crippen molar-refractivity contribution in [2.24, 2.45) is 0 Å². The molecule has 2 aromatic rings. The Labute approximate surface area is 162 Å². The minimum atomic E-state index is -0.784. The second-order valence-corrected chi connectivity index (χ2v) is 6.50. The van der Waals surface area contributed by atoms with Crippen LogP contribution in [0, 0.1) is 11.6 Å². The van der Waals surface area contributed by atoms with E-state index in [0.29, 0.717) is 12.1 Å². The molecule has 4 nitrogen and oxygen atoms in total. The summed E-state index contributed by atoms with van der Waals surface area (Å²) in [4.78, 5) is 26.5. The molecule has 0 saturated carbocycles. The van der Waals surface area contributed by atoms with Gasteiger partial charge in [0, 0.05) is 23.7 Å². The van der Waals surface area contributed by atoms with Crippen LogP contribution in [0.15, 0.2) is 42.5 Å². The van der Waals surface area contributed by atoms with Crippen molar-refractivity contribution >= 4 is 23.4 Å². The van der Waals surface area contributed by atoms with Gasteiger partial charge in [-0.2, -0.15) is 0 Å². The molecule has 1 atom stereocenters. The summed E-state index contributed by atoms with van der Waals surface area (Å²) in [6.07, 6.45) is -0.281. The summed E-state index contributed by atoms with van der Waals surface area (Å²) >= 11 is 6.02. The SMILES string of the molecule is CCNC(=O)[C@@H](C)N(Cc1ccc(F)cc1)C(=O)Cc1c(F)cccc1Cl. The van der Waals surface area contributed by atoms with Crippen LogP contribution in [-0.4, -0.2) is 29.3 Å². The molecule has 0 heterocycles. The molecule has 0 unspecified atom stereocenters. The molecule has 0 aromatic heterocycles. The van der Waals surface area contributed by atoms with Gasteiger partial charge in [-0.1, -0.05) is 29.8 Å². The van der Waals surface area contributed by atoms with Gasteiger partial charge >= 0.3 is 0 Å². The second-order valence-electron chi connectivity index (χ2n) is 6.10. The van der Waals surface area contributed by atoms with E-state index in [1.807, 2.05) is 0 Å². The molecule has 2 amide bonds. The van der Waals surface area contributed by atoms with E-state index in [9.17, 15) is 18.4 Å². The van der Waals surface area contributed by atoms with Crippen LogP contribution in [-0.2, 0) is 22.6 Å². The van der Waals surface area contributed by atoms with Gasteiger partial charge in [0.2, 0.25) is 11.8 Å². The van der Waals surface area contributed by atoms with E-state index in [1.54, 1.807) is 13.8 Å². The standard InChI is InChI=1S/C20H21ClF2N2O2/c1-3-24-20(27)13(2)25(12-14-7-9-15(22)10-8-14)19(26)11-16-17(21)5-4-6-18(16)23/h4-10,13H,3,11-12H2,1-2H3,(H,24,27)/t13-/m1/s1. The lowest BCUT2D eigenvalue weighted by atomic mass is 10.1. The van der Waals surface area contributed by atoms with E-state index < -0.39 is 23.6 Å². The summed E-state index contributed by atoms with van der Waals surface area (Å²) in [5.41, 5.74) is 0.733. The number of carbonyl (C=O) groups is 2. The largest absolute Gasteiger partial charge is 0.355 e. The Bertz CT molecular complexity index is 792. The van der Waals surface area contributed by atoms with Gasteiger partial charge < -0.3 is 10.2 Å². The molecular formula is C20H21ClF2N2O2.